The minimum absolute atomic E-state index is 0.741. The second-order valence-electron chi connectivity index (χ2n) is 4.48. The van der Waals surface area contributed by atoms with Crippen molar-refractivity contribution in [1.82, 2.24) is 5.32 Å². The lowest BCUT2D eigenvalue weighted by molar-refractivity contribution is 0.688. The maximum absolute atomic E-state index is 6.33. The van der Waals surface area contributed by atoms with Gasteiger partial charge in [0.25, 0.3) is 0 Å². The summed E-state index contributed by atoms with van der Waals surface area (Å²) in [6.07, 6.45) is 2.64. The number of thiophene rings is 1. The molecule has 2 aromatic rings. The van der Waals surface area contributed by atoms with Gasteiger partial charge < -0.3 is 5.32 Å². The smallest absolute Gasteiger partial charge is 0.0487 e. The largest absolute Gasteiger partial charge is 0.310 e. The number of halogens is 1. The van der Waals surface area contributed by atoms with Crippen molar-refractivity contribution >= 4 is 22.9 Å². The number of rotatable bonds is 4. The summed E-state index contributed by atoms with van der Waals surface area (Å²) in [6, 6.07) is 9.20. The summed E-state index contributed by atoms with van der Waals surface area (Å²) in [5, 5.41) is 8.55. The Balaban J connectivity index is 1.78. The van der Waals surface area contributed by atoms with Crippen molar-refractivity contribution in [2.75, 3.05) is 0 Å². The molecule has 0 atom stereocenters. The molecule has 1 fully saturated rings. The zero-order valence-electron chi connectivity index (χ0n) is 9.45. The standard InChI is InChI=1S/C14H14ClNS/c15-14-7-10(8-16-12-2-3-12)1-4-13(14)11-5-6-17-9-11/h1,4-7,9,12,16H,2-3,8H2. The Labute approximate surface area is 110 Å². The second kappa shape index (κ2) is 4.81. The van der Waals surface area contributed by atoms with Crippen molar-refractivity contribution in [1.29, 1.82) is 0 Å². The zero-order chi connectivity index (χ0) is 11.7. The molecule has 3 rings (SSSR count). The van der Waals surface area contributed by atoms with E-state index in [1.165, 1.54) is 24.0 Å². The lowest BCUT2D eigenvalue weighted by atomic mass is 10.1. The van der Waals surface area contributed by atoms with Crippen LogP contribution in [0.4, 0.5) is 0 Å². The highest BCUT2D eigenvalue weighted by atomic mass is 35.5. The van der Waals surface area contributed by atoms with Gasteiger partial charge in [0.15, 0.2) is 0 Å². The van der Waals surface area contributed by atoms with Crippen molar-refractivity contribution < 1.29 is 0 Å². The van der Waals surface area contributed by atoms with Crippen molar-refractivity contribution in [2.45, 2.75) is 25.4 Å². The molecule has 1 aromatic carbocycles. The van der Waals surface area contributed by atoms with Gasteiger partial charge >= 0.3 is 0 Å². The van der Waals surface area contributed by atoms with Gasteiger partial charge in [-0.05, 0) is 46.9 Å². The molecule has 88 valence electrons. The highest BCUT2D eigenvalue weighted by molar-refractivity contribution is 7.08. The maximum atomic E-state index is 6.33. The van der Waals surface area contributed by atoms with Crippen molar-refractivity contribution in [3.8, 4) is 11.1 Å². The Morgan fingerprint density at radius 3 is 2.82 bits per heavy atom. The quantitative estimate of drug-likeness (QED) is 0.866. The molecule has 0 spiro atoms. The molecular weight excluding hydrogens is 250 g/mol. The number of hydrogen-bond donors (Lipinski definition) is 1. The van der Waals surface area contributed by atoms with E-state index in [1.54, 1.807) is 11.3 Å². The first kappa shape index (κ1) is 11.3. The van der Waals surface area contributed by atoms with E-state index in [0.29, 0.717) is 0 Å². The van der Waals surface area contributed by atoms with Gasteiger partial charge in [-0.25, -0.2) is 0 Å². The molecule has 0 aliphatic heterocycles. The molecule has 1 N–H and O–H groups in total. The summed E-state index contributed by atoms with van der Waals surface area (Å²) in [6.45, 7) is 0.925. The molecule has 1 nitrogen and oxygen atoms in total. The lowest BCUT2D eigenvalue weighted by Crippen LogP contribution is -2.15. The Kier molecular flexibility index (Phi) is 3.19. The summed E-state index contributed by atoms with van der Waals surface area (Å²) in [5.74, 6) is 0. The lowest BCUT2D eigenvalue weighted by Gasteiger charge is -2.07. The van der Waals surface area contributed by atoms with Crippen LogP contribution in [0.15, 0.2) is 35.0 Å². The minimum atomic E-state index is 0.741. The number of hydrogen-bond acceptors (Lipinski definition) is 2. The third-order valence-electron chi connectivity index (χ3n) is 3.04. The van der Waals surface area contributed by atoms with E-state index in [-0.39, 0.29) is 0 Å². The van der Waals surface area contributed by atoms with E-state index in [9.17, 15) is 0 Å². The fourth-order valence-electron chi connectivity index (χ4n) is 1.87. The maximum Gasteiger partial charge on any atom is 0.0487 e. The first-order chi connectivity index (χ1) is 8.33. The second-order valence-corrected chi connectivity index (χ2v) is 5.67. The normalized spacial score (nSPS) is 15.1. The molecule has 0 unspecified atom stereocenters. The SMILES string of the molecule is Clc1cc(CNC2CC2)ccc1-c1ccsc1. The van der Waals surface area contributed by atoms with Gasteiger partial charge in [-0.15, -0.1) is 0 Å². The Morgan fingerprint density at radius 2 is 2.18 bits per heavy atom. The molecule has 0 bridgehead atoms. The molecule has 0 amide bonds. The predicted octanol–water partition coefficient (Wildman–Crippen LogP) is 4.32. The van der Waals surface area contributed by atoms with E-state index in [1.807, 2.05) is 0 Å². The Bertz CT molecular complexity index is 503. The van der Waals surface area contributed by atoms with E-state index < -0.39 is 0 Å². The topological polar surface area (TPSA) is 12.0 Å². The summed E-state index contributed by atoms with van der Waals surface area (Å²) < 4.78 is 0. The van der Waals surface area contributed by atoms with Gasteiger partial charge in [-0.1, -0.05) is 23.7 Å². The first-order valence-electron chi connectivity index (χ1n) is 5.87. The van der Waals surface area contributed by atoms with Crippen LogP contribution in [0.2, 0.25) is 5.02 Å². The predicted molar refractivity (Wildman–Crippen MR) is 74.6 cm³/mol. The summed E-state index contributed by atoms with van der Waals surface area (Å²) >= 11 is 8.03. The number of nitrogens with one attached hydrogen (secondary N) is 1. The van der Waals surface area contributed by atoms with Crippen LogP contribution >= 0.6 is 22.9 Å². The van der Waals surface area contributed by atoms with E-state index in [0.717, 1.165) is 23.2 Å². The first-order valence-corrected chi connectivity index (χ1v) is 7.19. The molecule has 1 aliphatic rings. The van der Waals surface area contributed by atoms with Crippen LogP contribution in [0.25, 0.3) is 11.1 Å². The molecule has 3 heteroatoms. The van der Waals surface area contributed by atoms with E-state index >= 15 is 0 Å². The molecule has 1 aliphatic carbocycles. The van der Waals surface area contributed by atoms with Crippen molar-refractivity contribution in [2.24, 2.45) is 0 Å². The summed E-state index contributed by atoms with van der Waals surface area (Å²) in [5.41, 5.74) is 3.60. The zero-order valence-corrected chi connectivity index (χ0v) is 11.0. The van der Waals surface area contributed by atoms with Crippen molar-refractivity contribution in [3.63, 3.8) is 0 Å². The highest BCUT2D eigenvalue weighted by Gasteiger charge is 2.19. The third-order valence-corrected chi connectivity index (χ3v) is 4.03. The van der Waals surface area contributed by atoms with Crippen LogP contribution in [0.1, 0.15) is 18.4 Å². The Hall–Kier alpha value is -0.830. The van der Waals surface area contributed by atoms with Crippen LogP contribution in [0, 0.1) is 0 Å². The van der Waals surface area contributed by atoms with Gasteiger partial charge in [0, 0.05) is 23.2 Å². The van der Waals surface area contributed by atoms with Gasteiger partial charge in [0.2, 0.25) is 0 Å². The van der Waals surface area contributed by atoms with Crippen LogP contribution in [-0.2, 0) is 6.54 Å². The summed E-state index contributed by atoms with van der Waals surface area (Å²) in [4.78, 5) is 0. The molecule has 17 heavy (non-hydrogen) atoms. The summed E-state index contributed by atoms with van der Waals surface area (Å²) in [7, 11) is 0. The van der Waals surface area contributed by atoms with Crippen LogP contribution in [0.3, 0.4) is 0 Å². The highest BCUT2D eigenvalue weighted by Crippen LogP contribution is 2.30. The van der Waals surface area contributed by atoms with Crippen LogP contribution in [0.5, 0.6) is 0 Å². The fraction of sp³-hybridized carbons (Fsp3) is 0.286. The van der Waals surface area contributed by atoms with Gasteiger partial charge in [0.05, 0.1) is 0 Å². The molecule has 0 saturated heterocycles. The Morgan fingerprint density at radius 1 is 1.29 bits per heavy atom. The number of benzene rings is 1. The molecule has 1 saturated carbocycles. The van der Waals surface area contributed by atoms with Gasteiger partial charge in [-0.3, -0.25) is 0 Å². The molecule has 1 aromatic heterocycles. The molecule has 1 heterocycles. The van der Waals surface area contributed by atoms with Crippen molar-refractivity contribution in [3.05, 3.63) is 45.6 Å². The molecule has 0 radical (unpaired) electrons. The van der Waals surface area contributed by atoms with Gasteiger partial charge in [-0.2, -0.15) is 11.3 Å². The van der Waals surface area contributed by atoms with Crippen LogP contribution < -0.4 is 5.32 Å². The minimum Gasteiger partial charge on any atom is -0.310 e. The van der Waals surface area contributed by atoms with E-state index in [4.69, 9.17) is 11.6 Å². The van der Waals surface area contributed by atoms with E-state index in [2.05, 4.69) is 40.3 Å². The third kappa shape index (κ3) is 2.71. The average Bonchev–Trinajstić information content (AvgIpc) is 3.01. The fourth-order valence-corrected chi connectivity index (χ4v) is 2.84. The van der Waals surface area contributed by atoms with Crippen LogP contribution in [-0.4, -0.2) is 6.04 Å². The molecular formula is C14H14ClNS. The monoisotopic (exact) mass is 263 g/mol. The van der Waals surface area contributed by atoms with Gasteiger partial charge in [0.1, 0.15) is 0 Å². The average molecular weight is 264 g/mol.